The largest absolute Gasteiger partial charge is 0.356 e. The smallest absolute Gasteiger partial charge is 0.291 e. The maximum Gasteiger partial charge on any atom is 0.291 e. The number of nitrogens with one attached hydrogen (secondary N) is 3. The number of halogens is 2. The van der Waals surface area contributed by atoms with Gasteiger partial charge in [-0.1, -0.05) is 46.2 Å². The van der Waals surface area contributed by atoms with Crippen molar-refractivity contribution in [1.82, 2.24) is 26.0 Å². The summed E-state index contributed by atoms with van der Waals surface area (Å²) >= 11 is 5.42. The van der Waals surface area contributed by atoms with E-state index in [0.717, 1.165) is 17.9 Å². The molecule has 2 aliphatic carbocycles. The van der Waals surface area contributed by atoms with Crippen LogP contribution in [-0.4, -0.2) is 76.8 Å². The minimum Gasteiger partial charge on any atom is -0.356 e. The first-order valence-corrected chi connectivity index (χ1v) is 13.9. The summed E-state index contributed by atoms with van der Waals surface area (Å²) in [5.74, 6) is -3.41. The van der Waals surface area contributed by atoms with Crippen molar-refractivity contribution in [3.05, 3.63) is 0 Å². The Morgan fingerprint density at radius 2 is 1.87 bits per heavy atom. The molecule has 38 heavy (non-hydrogen) atoms. The lowest BCUT2D eigenvalue weighted by Gasteiger charge is -2.39. The fraction of sp³-hybridized carbons (Fsp3) is 0.808. The number of carbonyl (C=O) groups is 5. The monoisotopic (exact) mass is 555 g/mol. The maximum absolute atomic E-state index is 14.0. The number of hydrazine groups is 1. The fourth-order valence-corrected chi connectivity index (χ4v) is 6.05. The van der Waals surface area contributed by atoms with Crippen molar-refractivity contribution in [2.24, 2.45) is 34.5 Å². The van der Waals surface area contributed by atoms with Crippen LogP contribution in [-0.2, 0) is 24.0 Å². The van der Waals surface area contributed by atoms with Crippen molar-refractivity contribution in [2.75, 3.05) is 19.6 Å². The van der Waals surface area contributed by atoms with Gasteiger partial charge in [-0.05, 0) is 48.3 Å². The topological polar surface area (TPSA) is 128 Å². The molecule has 2 aliphatic heterocycles. The summed E-state index contributed by atoms with van der Waals surface area (Å²) in [4.78, 5) is 66.5. The lowest BCUT2D eigenvalue weighted by molar-refractivity contribution is -0.151. The number of hydrogen-bond acceptors (Lipinski definition) is 5. The van der Waals surface area contributed by atoms with E-state index in [1.54, 1.807) is 0 Å². The van der Waals surface area contributed by atoms with Gasteiger partial charge in [0.25, 0.3) is 17.4 Å². The Kier molecular flexibility index (Phi) is 7.73. The first-order valence-electron chi connectivity index (χ1n) is 13.5. The Labute approximate surface area is 227 Å². The zero-order chi connectivity index (χ0) is 28.2. The molecule has 0 radical (unpaired) electrons. The Morgan fingerprint density at radius 1 is 1.21 bits per heavy atom. The molecule has 0 aromatic heterocycles. The van der Waals surface area contributed by atoms with Crippen LogP contribution in [0.5, 0.6) is 0 Å². The van der Waals surface area contributed by atoms with E-state index in [0.29, 0.717) is 25.9 Å². The molecule has 212 valence electrons. The molecule has 0 bridgehead atoms. The fourth-order valence-electron chi connectivity index (χ4n) is 5.93. The number of fused-ring (bicyclic) bond motifs is 1. The van der Waals surface area contributed by atoms with Crippen molar-refractivity contribution in [3.8, 4) is 0 Å². The van der Waals surface area contributed by atoms with Gasteiger partial charge in [0.1, 0.15) is 12.1 Å². The second kappa shape index (κ2) is 10.3. The summed E-state index contributed by atoms with van der Waals surface area (Å²) in [5.41, 5.74) is -0.691. The molecule has 5 amide bonds. The van der Waals surface area contributed by atoms with Gasteiger partial charge in [-0.25, -0.2) is 9.40 Å². The van der Waals surface area contributed by atoms with Gasteiger partial charge in [-0.15, -0.1) is 0 Å². The maximum atomic E-state index is 14.0. The van der Waals surface area contributed by atoms with Crippen LogP contribution < -0.4 is 16.1 Å². The Hall–Kier alpha value is -2.43. The van der Waals surface area contributed by atoms with Crippen LogP contribution in [0.15, 0.2) is 0 Å². The van der Waals surface area contributed by atoms with Gasteiger partial charge in [0.15, 0.2) is 0 Å². The molecule has 4 fully saturated rings. The van der Waals surface area contributed by atoms with Crippen LogP contribution in [0, 0.1) is 34.5 Å². The number of alkyl halides is 2. The highest BCUT2D eigenvalue weighted by molar-refractivity contribution is 6.29. The normalized spacial score (nSPS) is 29.1. The average molecular weight is 556 g/mol. The second-order valence-electron chi connectivity index (χ2n) is 12.4. The van der Waals surface area contributed by atoms with Crippen LogP contribution in [0.3, 0.4) is 0 Å². The van der Waals surface area contributed by atoms with Crippen LogP contribution in [0.25, 0.3) is 0 Å². The molecule has 2 heterocycles. The summed E-state index contributed by atoms with van der Waals surface area (Å²) in [7, 11) is 0. The third-order valence-electron chi connectivity index (χ3n) is 9.20. The highest BCUT2D eigenvalue weighted by Gasteiger charge is 2.70. The summed E-state index contributed by atoms with van der Waals surface area (Å²) in [6.45, 7) is 10.3. The number of likely N-dealkylation sites (tertiary alicyclic amines) is 1. The van der Waals surface area contributed by atoms with Gasteiger partial charge in [-0.3, -0.25) is 29.4 Å². The molecule has 10 nitrogen and oxygen atoms in total. The Morgan fingerprint density at radius 3 is 2.39 bits per heavy atom. The van der Waals surface area contributed by atoms with Crippen LogP contribution in [0.2, 0.25) is 0 Å². The molecule has 3 N–H and O–H groups in total. The molecular weight excluding hydrogens is 517 g/mol. The molecular formula is C26H39ClFN5O5. The van der Waals surface area contributed by atoms with E-state index in [9.17, 15) is 28.4 Å². The Balaban J connectivity index is 1.57. The van der Waals surface area contributed by atoms with Crippen molar-refractivity contribution >= 4 is 41.1 Å². The minimum atomic E-state index is -2.40. The molecule has 12 heteroatoms. The van der Waals surface area contributed by atoms with Gasteiger partial charge < -0.3 is 15.5 Å². The first-order chi connectivity index (χ1) is 17.7. The number of hydrogen-bond donors (Lipinski definition) is 3. The van der Waals surface area contributed by atoms with Crippen molar-refractivity contribution in [3.63, 3.8) is 0 Å². The van der Waals surface area contributed by atoms with Gasteiger partial charge >= 0.3 is 0 Å². The SMILES string of the molecule is CCC(C)(C)C(NC(=O)C1CC1)C(=O)N1C[C@H]2[C@@H]([C@H]1C(=O)NN(C[C@@H]1CCNC1=O)C(=O)C(F)Cl)C2(C)C. The lowest BCUT2D eigenvalue weighted by atomic mass is 9.80. The molecule has 2 saturated carbocycles. The van der Waals surface area contributed by atoms with Crippen LogP contribution in [0.1, 0.15) is 60.3 Å². The zero-order valence-corrected chi connectivity index (χ0v) is 23.4. The summed E-state index contributed by atoms with van der Waals surface area (Å²) < 4.78 is 13.8. The van der Waals surface area contributed by atoms with Crippen molar-refractivity contribution in [2.45, 2.75) is 78.0 Å². The lowest BCUT2D eigenvalue weighted by Crippen LogP contribution is -2.62. The molecule has 4 aliphatic rings. The number of rotatable bonds is 9. The first kappa shape index (κ1) is 28.6. The molecule has 4 rings (SSSR count). The zero-order valence-electron chi connectivity index (χ0n) is 22.7. The van der Waals surface area contributed by atoms with E-state index in [-0.39, 0.29) is 47.4 Å². The highest BCUT2D eigenvalue weighted by Crippen LogP contribution is 2.65. The quantitative estimate of drug-likeness (QED) is 0.292. The summed E-state index contributed by atoms with van der Waals surface area (Å²) in [6, 6.07) is -1.74. The van der Waals surface area contributed by atoms with E-state index in [1.165, 1.54) is 4.90 Å². The second-order valence-corrected chi connectivity index (χ2v) is 12.8. The van der Waals surface area contributed by atoms with Crippen molar-refractivity contribution < 1.29 is 28.4 Å². The molecule has 6 atom stereocenters. The molecule has 0 aromatic carbocycles. The molecule has 0 aromatic rings. The average Bonchev–Trinajstić information content (AvgIpc) is 3.67. The van der Waals surface area contributed by atoms with E-state index in [4.69, 9.17) is 11.6 Å². The number of piperidine rings is 1. The van der Waals surface area contributed by atoms with Gasteiger partial charge in [0.05, 0.1) is 12.5 Å². The number of carbonyl (C=O) groups excluding carboxylic acids is 5. The Bertz CT molecular complexity index is 1020. The van der Waals surface area contributed by atoms with Crippen LogP contribution in [0.4, 0.5) is 4.39 Å². The standard InChI is InChI=1S/C26H39ClFN5O5/c1-6-25(2,3)18(30-21(35)13-7-8-13)23(37)32-12-15-16(26(15,4)5)17(32)22(36)31-33(24(38)19(27)28)11-14-9-10-29-20(14)34/h13-19H,6-12H2,1-5H3,(H,29,34)(H,30,35)(H,31,36)/t14-,15-,16-,17-,18?,19?/m0/s1. The van der Waals surface area contributed by atoms with E-state index in [1.807, 2.05) is 34.6 Å². The van der Waals surface area contributed by atoms with Crippen molar-refractivity contribution in [1.29, 1.82) is 0 Å². The third-order valence-corrected chi connectivity index (χ3v) is 9.38. The van der Waals surface area contributed by atoms with E-state index < -0.39 is 40.9 Å². The summed E-state index contributed by atoms with van der Waals surface area (Å²) in [5, 5.41) is 6.37. The predicted molar refractivity (Wildman–Crippen MR) is 137 cm³/mol. The van der Waals surface area contributed by atoms with Gasteiger partial charge in [0.2, 0.25) is 17.7 Å². The number of nitrogens with zero attached hydrogens (tertiary/aromatic N) is 2. The molecule has 2 unspecified atom stereocenters. The molecule has 2 saturated heterocycles. The highest BCUT2D eigenvalue weighted by atomic mass is 35.5. The van der Waals surface area contributed by atoms with E-state index >= 15 is 0 Å². The van der Waals surface area contributed by atoms with E-state index in [2.05, 4.69) is 16.1 Å². The van der Waals surface area contributed by atoms with Crippen LogP contribution >= 0.6 is 11.6 Å². The summed E-state index contributed by atoms with van der Waals surface area (Å²) in [6.07, 6.45) is 2.64. The third kappa shape index (κ3) is 5.35. The molecule has 0 spiro atoms. The van der Waals surface area contributed by atoms with Gasteiger partial charge in [-0.2, -0.15) is 0 Å². The van der Waals surface area contributed by atoms with Gasteiger partial charge in [0, 0.05) is 19.0 Å². The predicted octanol–water partition coefficient (Wildman–Crippen LogP) is 1.33. The number of amides is 5. The minimum absolute atomic E-state index is 0.0680.